The van der Waals surface area contributed by atoms with Crippen LogP contribution in [-0.4, -0.2) is 0 Å². The van der Waals surface area contributed by atoms with E-state index in [2.05, 4.69) is 199 Å². The Bertz CT molecular complexity index is 3190. The summed E-state index contributed by atoms with van der Waals surface area (Å²) < 4.78 is 6.41. The highest BCUT2D eigenvalue weighted by molar-refractivity contribution is 6.36. The predicted octanol–water partition coefficient (Wildman–Crippen LogP) is 15.0. The van der Waals surface area contributed by atoms with E-state index in [0.29, 0.717) is 0 Å². The van der Waals surface area contributed by atoms with E-state index in [1.807, 2.05) is 6.07 Å². The van der Waals surface area contributed by atoms with E-state index in [9.17, 15) is 0 Å². The van der Waals surface area contributed by atoms with Crippen LogP contribution < -0.4 is 4.90 Å². The van der Waals surface area contributed by atoms with Crippen LogP contribution in [0.25, 0.3) is 87.3 Å². The molecule has 54 heavy (non-hydrogen) atoms. The lowest BCUT2D eigenvalue weighted by atomic mass is 9.87. The summed E-state index contributed by atoms with van der Waals surface area (Å²) in [7, 11) is 0. The Hall–Kier alpha value is -7.16. The van der Waals surface area contributed by atoms with Gasteiger partial charge < -0.3 is 9.32 Å². The third-order valence-electron chi connectivity index (χ3n) is 11.0. The van der Waals surface area contributed by atoms with Gasteiger partial charge in [-0.1, -0.05) is 164 Å². The Balaban J connectivity index is 1.25. The lowest BCUT2D eigenvalue weighted by Gasteiger charge is -2.31. The molecule has 2 heteroatoms. The maximum atomic E-state index is 6.41. The van der Waals surface area contributed by atoms with Crippen LogP contribution in [0.3, 0.4) is 0 Å². The zero-order valence-corrected chi connectivity index (χ0v) is 29.4. The Kier molecular flexibility index (Phi) is 6.90. The van der Waals surface area contributed by atoms with E-state index in [1.165, 1.54) is 70.7 Å². The largest absolute Gasteiger partial charge is 0.456 e. The number of benzene rings is 10. The van der Waals surface area contributed by atoms with Crippen molar-refractivity contribution in [2.24, 2.45) is 0 Å². The van der Waals surface area contributed by atoms with E-state index < -0.39 is 0 Å². The van der Waals surface area contributed by atoms with Gasteiger partial charge in [0.05, 0.1) is 17.1 Å². The van der Waals surface area contributed by atoms with Crippen molar-refractivity contribution in [3.8, 4) is 22.3 Å². The predicted molar refractivity (Wildman–Crippen MR) is 229 cm³/mol. The summed E-state index contributed by atoms with van der Waals surface area (Å²) in [6.45, 7) is 0. The van der Waals surface area contributed by atoms with Gasteiger partial charge in [-0.25, -0.2) is 0 Å². The molecule has 0 aliphatic rings. The molecule has 1 aromatic heterocycles. The monoisotopic (exact) mass is 687 g/mol. The first-order chi connectivity index (χ1) is 26.8. The quantitative estimate of drug-likeness (QED) is 0.168. The van der Waals surface area contributed by atoms with Gasteiger partial charge >= 0.3 is 0 Å². The second-order valence-electron chi connectivity index (χ2n) is 14.0. The van der Waals surface area contributed by atoms with Crippen molar-refractivity contribution >= 4 is 82.1 Å². The molecule has 11 aromatic rings. The van der Waals surface area contributed by atoms with Crippen LogP contribution >= 0.6 is 0 Å². The van der Waals surface area contributed by atoms with E-state index >= 15 is 0 Å². The van der Waals surface area contributed by atoms with Crippen LogP contribution in [0.1, 0.15) is 0 Å². The molecule has 0 N–H and O–H groups in total. The average molecular weight is 688 g/mol. The normalized spacial score (nSPS) is 11.7. The van der Waals surface area contributed by atoms with Crippen LogP contribution in [0.5, 0.6) is 0 Å². The Morgan fingerprint density at radius 2 is 0.796 bits per heavy atom. The summed E-state index contributed by atoms with van der Waals surface area (Å²) in [4.78, 5) is 2.48. The number of hydrogen-bond donors (Lipinski definition) is 0. The first-order valence-corrected chi connectivity index (χ1v) is 18.5. The minimum Gasteiger partial charge on any atom is -0.456 e. The van der Waals surface area contributed by atoms with E-state index in [1.54, 1.807) is 0 Å². The lowest BCUT2D eigenvalue weighted by Crippen LogP contribution is -2.13. The highest BCUT2D eigenvalue weighted by Crippen LogP contribution is 2.50. The molecule has 0 unspecified atom stereocenters. The van der Waals surface area contributed by atoms with Crippen molar-refractivity contribution in [1.82, 2.24) is 0 Å². The maximum Gasteiger partial charge on any atom is 0.136 e. The van der Waals surface area contributed by atoms with Gasteiger partial charge in [0.1, 0.15) is 11.2 Å². The fraction of sp³-hybridized carbons (Fsp3) is 0. The fourth-order valence-electron chi connectivity index (χ4n) is 8.75. The average Bonchev–Trinajstić information content (AvgIpc) is 3.63. The third kappa shape index (κ3) is 4.60. The summed E-state index contributed by atoms with van der Waals surface area (Å²) >= 11 is 0. The lowest BCUT2D eigenvalue weighted by molar-refractivity contribution is 0.669. The molecule has 1 heterocycles. The van der Waals surface area contributed by atoms with Crippen molar-refractivity contribution in [1.29, 1.82) is 0 Å². The molecule has 0 fully saturated rings. The Labute approximate surface area is 312 Å². The number of hydrogen-bond acceptors (Lipinski definition) is 2. The van der Waals surface area contributed by atoms with Crippen molar-refractivity contribution in [2.75, 3.05) is 4.90 Å². The van der Waals surface area contributed by atoms with Crippen molar-refractivity contribution < 1.29 is 4.42 Å². The minimum atomic E-state index is 0.913. The molecule has 0 amide bonds. The van der Waals surface area contributed by atoms with Crippen molar-refractivity contribution in [3.63, 3.8) is 0 Å². The van der Waals surface area contributed by atoms with Crippen LogP contribution in [-0.2, 0) is 0 Å². The van der Waals surface area contributed by atoms with E-state index in [4.69, 9.17) is 4.42 Å². The summed E-state index contributed by atoms with van der Waals surface area (Å²) in [5.74, 6) is 0. The van der Waals surface area contributed by atoms with Gasteiger partial charge in [-0.05, 0) is 79.8 Å². The number of fused-ring (bicyclic) bond motifs is 11. The summed E-state index contributed by atoms with van der Waals surface area (Å²) in [6, 6.07) is 72.3. The smallest absolute Gasteiger partial charge is 0.136 e. The number of nitrogens with zero attached hydrogens (tertiary/aromatic N) is 1. The van der Waals surface area contributed by atoms with Crippen molar-refractivity contribution in [2.45, 2.75) is 0 Å². The molecular formula is C52H33NO. The van der Waals surface area contributed by atoms with Gasteiger partial charge in [0.25, 0.3) is 0 Å². The number of furan rings is 1. The first-order valence-electron chi connectivity index (χ1n) is 18.5. The van der Waals surface area contributed by atoms with E-state index in [-0.39, 0.29) is 0 Å². The first kappa shape index (κ1) is 30.5. The van der Waals surface area contributed by atoms with Crippen molar-refractivity contribution in [3.05, 3.63) is 200 Å². The molecule has 11 rings (SSSR count). The number of rotatable bonds is 5. The van der Waals surface area contributed by atoms with E-state index in [0.717, 1.165) is 33.6 Å². The molecule has 0 saturated carbocycles. The molecule has 0 aliphatic heterocycles. The fourth-order valence-corrected chi connectivity index (χ4v) is 8.75. The van der Waals surface area contributed by atoms with Gasteiger partial charge in [-0.2, -0.15) is 0 Å². The molecule has 0 radical (unpaired) electrons. The summed E-state index contributed by atoms with van der Waals surface area (Å²) in [5, 5.41) is 12.1. The van der Waals surface area contributed by atoms with Crippen LogP contribution in [0, 0.1) is 0 Å². The number of anilines is 3. The van der Waals surface area contributed by atoms with Gasteiger partial charge in [-0.3, -0.25) is 0 Å². The molecule has 2 nitrogen and oxygen atoms in total. The summed E-state index contributed by atoms with van der Waals surface area (Å²) in [6.07, 6.45) is 0. The molecule has 0 atom stereocenters. The van der Waals surface area contributed by atoms with Gasteiger partial charge in [0.15, 0.2) is 0 Å². The minimum absolute atomic E-state index is 0.913. The standard InChI is InChI=1S/C52H33NO/c1-2-16-34(17-3-1)36-21-8-11-28-45(36)53(46-30-14-19-35-18-4-5-20-37(35)46)47-29-12-9-22-38(47)39-26-15-27-41-43-32-33-49-52(44-25-10-13-31-48(44)54-49)51(43)42-24-7-6-23-40(42)50(39)41/h1-33H. The van der Waals surface area contributed by atoms with Gasteiger partial charge in [0, 0.05) is 32.7 Å². The SMILES string of the molecule is c1ccc(-c2ccccc2N(c2ccccc2-c2cccc3c4ccc5oc6ccccc6c5c4c4ccccc4c23)c2cccc3ccccc23)cc1. The van der Waals surface area contributed by atoms with Gasteiger partial charge in [-0.15, -0.1) is 0 Å². The molecule has 0 saturated heterocycles. The second-order valence-corrected chi connectivity index (χ2v) is 14.0. The Morgan fingerprint density at radius 3 is 1.61 bits per heavy atom. The molecule has 0 bridgehead atoms. The molecule has 0 spiro atoms. The van der Waals surface area contributed by atoms with Gasteiger partial charge in [0.2, 0.25) is 0 Å². The topological polar surface area (TPSA) is 16.4 Å². The third-order valence-corrected chi connectivity index (χ3v) is 11.0. The molecule has 0 aliphatic carbocycles. The maximum absolute atomic E-state index is 6.41. The van der Waals surface area contributed by atoms with Crippen LogP contribution in [0.15, 0.2) is 205 Å². The molecular weight excluding hydrogens is 655 g/mol. The Morgan fingerprint density at radius 1 is 0.278 bits per heavy atom. The second kappa shape index (κ2) is 12.2. The molecule has 252 valence electrons. The number of para-hydroxylation sites is 3. The molecule has 10 aromatic carbocycles. The van der Waals surface area contributed by atoms with Crippen LogP contribution in [0.2, 0.25) is 0 Å². The van der Waals surface area contributed by atoms with Crippen LogP contribution in [0.4, 0.5) is 17.1 Å². The zero-order valence-electron chi connectivity index (χ0n) is 29.4. The summed E-state index contributed by atoms with van der Waals surface area (Å²) in [5.41, 5.74) is 9.91. The zero-order chi connectivity index (χ0) is 35.6. The highest BCUT2D eigenvalue weighted by Gasteiger charge is 2.24. The highest BCUT2D eigenvalue weighted by atomic mass is 16.3.